The van der Waals surface area contributed by atoms with Gasteiger partial charge in [-0.3, -0.25) is 9.59 Å². The van der Waals surface area contributed by atoms with Gasteiger partial charge in [0, 0.05) is 25.2 Å². The van der Waals surface area contributed by atoms with Gasteiger partial charge in [0.05, 0.1) is 10.0 Å². The van der Waals surface area contributed by atoms with E-state index in [0.717, 1.165) is 5.56 Å². The Balaban J connectivity index is 1.99. The molecule has 2 aromatic rings. The fraction of sp³-hybridized carbons (Fsp3) is 0.111. The van der Waals surface area contributed by atoms with Crippen LogP contribution in [0.25, 0.3) is 0 Å². The van der Waals surface area contributed by atoms with E-state index in [2.05, 4.69) is 0 Å². The Kier molecular flexibility index (Phi) is 5.97. The quantitative estimate of drug-likeness (QED) is 0.594. The Morgan fingerprint density at radius 1 is 1.00 bits per heavy atom. The lowest BCUT2D eigenvalue weighted by Crippen LogP contribution is -2.24. The number of hydrogen-bond acceptors (Lipinski definition) is 2. The van der Waals surface area contributed by atoms with E-state index in [1.165, 1.54) is 23.1 Å². The molecule has 2 aromatic carbocycles. The van der Waals surface area contributed by atoms with Crippen LogP contribution in [0.15, 0.2) is 60.7 Å². The smallest absolute Gasteiger partial charge is 0.246 e. The molecular weight excluding hydrogens is 333 g/mol. The van der Waals surface area contributed by atoms with E-state index < -0.39 is 0 Å². The van der Waals surface area contributed by atoms with E-state index in [4.69, 9.17) is 23.2 Å². The van der Waals surface area contributed by atoms with E-state index in [0.29, 0.717) is 22.2 Å². The summed E-state index contributed by atoms with van der Waals surface area (Å²) in [6, 6.07) is 14.2. The molecule has 0 saturated carbocycles. The fourth-order valence-corrected chi connectivity index (χ4v) is 2.25. The zero-order chi connectivity index (χ0) is 16.8. The van der Waals surface area contributed by atoms with Gasteiger partial charge in [0.15, 0.2) is 5.78 Å². The van der Waals surface area contributed by atoms with Crippen LogP contribution in [0.2, 0.25) is 10.0 Å². The molecule has 0 atom stereocenters. The van der Waals surface area contributed by atoms with Crippen LogP contribution in [0.4, 0.5) is 0 Å². The Bertz CT molecular complexity index is 742. The maximum atomic E-state index is 12.0. The van der Waals surface area contributed by atoms with Crippen molar-refractivity contribution in [2.24, 2.45) is 0 Å². The van der Waals surface area contributed by atoms with Gasteiger partial charge in [-0.25, -0.2) is 0 Å². The van der Waals surface area contributed by atoms with E-state index in [9.17, 15) is 9.59 Å². The summed E-state index contributed by atoms with van der Waals surface area (Å²) in [5, 5.41) is 0.685. The molecule has 1 amide bonds. The zero-order valence-electron chi connectivity index (χ0n) is 12.5. The predicted molar refractivity (Wildman–Crippen MR) is 92.8 cm³/mol. The second-order valence-corrected chi connectivity index (χ2v) is 5.82. The van der Waals surface area contributed by atoms with Gasteiger partial charge in [-0.15, -0.1) is 0 Å². The average Bonchev–Trinajstić information content (AvgIpc) is 2.55. The van der Waals surface area contributed by atoms with Crippen molar-refractivity contribution in [1.29, 1.82) is 0 Å². The summed E-state index contributed by atoms with van der Waals surface area (Å²) in [6.45, 7) is 0.477. The minimum absolute atomic E-state index is 0.248. The molecule has 0 unspecified atom stereocenters. The van der Waals surface area contributed by atoms with Gasteiger partial charge in [0.2, 0.25) is 5.91 Å². The second kappa shape index (κ2) is 7.95. The SMILES string of the molecule is CN(Cc1ccccc1)C(=O)/C=C/C(=O)c1ccc(Cl)c(Cl)c1. The number of rotatable bonds is 5. The maximum Gasteiger partial charge on any atom is 0.246 e. The van der Waals surface area contributed by atoms with Gasteiger partial charge in [0.1, 0.15) is 0 Å². The normalized spacial score (nSPS) is 10.7. The fourth-order valence-electron chi connectivity index (χ4n) is 1.96. The number of nitrogens with zero attached hydrogens (tertiary/aromatic N) is 1. The van der Waals surface area contributed by atoms with Crippen molar-refractivity contribution in [2.75, 3.05) is 7.05 Å². The first kappa shape index (κ1) is 17.3. The zero-order valence-corrected chi connectivity index (χ0v) is 14.0. The molecule has 118 valence electrons. The number of halogens is 2. The number of ketones is 1. The van der Waals surface area contributed by atoms with E-state index >= 15 is 0 Å². The van der Waals surface area contributed by atoms with Gasteiger partial charge in [-0.05, 0) is 29.8 Å². The molecule has 0 bridgehead atoms. The van der Waals surface area contributed by atoms with E-state index in [-0.39, 0.29) is 11.7 Å². The molecule has 23 heavy (non-hydrogen) atoms. The lowest BCUT2D eigenvalue weighted by atomic mass is 10.1. The molecule has 0 aliphatic rings. The summed E-state index contributed by atoms with van der Waals surface area (Å²) in [4.78, 5) is 25.6. The number of carbonyl (C=O) groups excluding carboxylic acids is 2. The summed E-state index contributed by atoms with van der Waals surface area (Å²) >= 11 is 11.7. The van der Waals surface area contributed by atoms with E-state index in [1.54, 1.807) is 19.2 Å². The predicted octanol–water partition coefficient (Wildman–Crippen LogP) is 4.39. The molecule has 5 heteroatoms. The van der Waals surface area contributed by atoms with Crippen molar-refractivity contribution >= 4 is 34.9 Å². The lowest BCUT2D eigenvalue weighted by molar-refractivity contribution is -0.125. The number of benzene rings is 2. The average molecular weight is 348 g/mol. The summed E-state index contributed by atoms with van der Waals surface area (Å²) < 4.78 is 0. The first-order valence-corrected chi connectivity index (χ1v) is 7.69. The summed E-state index contributed by atoms with van der Waals surface area (Å²) in [6.07, 6.45) is 2.50. The number of hydrogen-bond donors (Lipinski definition) is 0. The van der Waals surface area contributed by atoms with Gasteiger partial charge in [-0.1, -0.05) is 53.5 Å². The second-order valence-electron chi connectivity index (χ2n) is 5.01. The molecule has 0 fully saturated rings. The summed E-state index contributed by atoms with van der Waals surface area (Å²) in [5.41, 5.74) is 1.40. The van der Waals surface area contributed by atoms with Crippen LogP contribution in [0.5, 0.6) is 0 Å². The minimum atomic E-state index is -0.301. The first-order chi connectivity index (χ1) is 11.0. The van der Waals surface area contributed by atoms with Crippen molar-refractivity contribution in [3.8, 4) is 0 Å². The Labute approximate surface area is 145 Å². The summed E-state index contributed by atoms with van der Waals surface area (Å²) in [5.74, 6) is -0.549. The van der Waals surface area contributed by atoms with Crippen LogP contribution in [0, 0.1) is 0 Å². The monoisotopic (exact) mass is 347 g/mol. The van der Waals surface area contributed by atoms with Crippen molar-refractivity contribution in [3.63, 3.8) is 0 Å². The van der Waals surface area contributed by atoms with Crippen LogP contribution in [-0.4, -0.2) is 23.6 Å². The van der Waals surface area contributed by atoms with E-state index in [1.807, 2.05) is 30.3 Å². The molecule has 3 nitrogen and oxygen atoms in total. The first-order valence-electron chi connectivity index (χ1n) is 6.94. The molecule has 0 spiro atoms. The Morgan fingerprint density at radius 2 is 1.70 bits per heavy atom. The van der Waals surface area contributed by atoms with Crippen molar-refractivity contribution in [3.05, 3.63) is 81.9 Å². The van der Waals surface area contributed by atoms with Crippen LogP contribution in [-0.2, 0) is 11.3 Å². The van der Waals surface area contributed by atoms with Crippen LogP contribution >= 0.6 is 23.2 Å². The highest BCUT2D eigenvalue weighted by Gasteiger charge is 2.08. The molecule has 0 heterocycles. The van der Waals surface area contributed by atoms with Gasteiger partial charge >= 0.3 is 0 Å². The third kappa shape index (κ3) is 4.95. The molecule has 0 radical (unpaired) electrons. The maximum absolute atomic E-state index is 12.0. The van der Waals surface area contributed by atoms with Crippen LogP contribution < -0.4 is 0 Å². The third-order valence-electron chi connectivity index (χ3n) is 3.22. The van der Waals surface area contributed by atoms with Gasteiger partial charge in [0.25, 0.3) is 0 Å². The highest BCUT2D eigenvalue weighted by atomic mass is 35.5. The highest BCUT2D eigenvalue weighted by Crippen LogP contribution is 2.22. The van der Waals surface area contributed by atoms with Crippen LogP contribution in [0.1, 0.15) is 15.9 Å². The Morgan fingerprint density at radius 3 is 2.35 bits per heavy atom. The third-order valence-corrected chi connectivity index (χ3v) is 3.96. The molecular formula is C18H15Cl2NO2. The molecule has 0 aromatic heterocycles. The minimum Gasteiger partial charge on any atom is -0.338 e. The van der Waals surface area contributed by atoms with Crippen LogP contribution in [0.3, 0.4) is 0 Å². The molecule has 0 N–H and O–H groups in total. The number of likely N-dealkylation sites (N-methyl/N-ethyl adjacent to an activating group) is 1. The summed E-state index contributed by atoms with van der Waals surface area (Å²) in [7, 11) is 1.68. The van der Waals surface area contributed by atoms with Crippen molar-refractivity contribution < 1.29 is 9.59 Å². The number of carbonyl (C=O) groups is 2. The Hall–Kier alpha value is -2.10. The van der Waals surface area contributed by atoms with Gasteiger partial charge < -0.3 is 4.90 Å². The molecule has 0 saturated heterocycles. The standard InChI is InChI=1S/C18H15Cl2NO2/c1-21(12-13-5-3-2-4-6-13)18(23)10-9-17(22)14-7-8-15(19)16(20)11-14/h2-11H,12H2,1H3/b10-9+. The molecule has 0 aliphatic heterocycles. The van der Waals surface area contributed by atoms with Crippen molar-refractivity contribution in [1.82, 2.24) is 4.90 Å². The molecule has 2 rings (SSSR count). The number of amides is 1. The van der Waals surface area contributed by atoms with Crippen molar-refractivity contribution in [2.45, 2.75) is 6.54 Å². The topological polar surface area (TPSA) is 37.4 Å². The lowest BCUT2D eigenvalue weighted by Gasteiger charge is -2.14. The van der Waals surface area contributed by atoms with Gasteiger partial charge in [-0.2, -0.15) is 0 Å². The largest absolute Gasteiger partial charge is 0.338 e. The number of allylic oxidation sites excluding steroid dienone is 1. The highest BCUT2D eigenvalue weighted by molar-refractivity contribution is 6.42. The molecule has 0 aliphatic carbocycles.